The van der Waals surface area contributed by atoms with Crippen molar-refractivity contribution in [2.24, 2.45) is 0 Å². The summed E-state index contributed by atoms with van der Waals surface area (Å²) in [5.74, 6) is -0.873. The number of piperazine rings is 1. The van der Waals surface area contributed by atoms with Crippen LogP contribution in [0.15, 0.2) is 48.5 Å². The maximum atomic E-state index is 12.8. The number of imide groups is 1. The minimum absolute atomic E-state index is 0.0416. The first kappa shape index (κ1) is 18.3. The second kappa shape index (κ2) is 7.26. The SMILES string of the molecule is O=C(c1ccc(C=Cc2n[nH]c3ccccc23)cc1)N1CC(=O)N(C2CC2)C(=O)C1. The second-order valence-corrected chi connectivity index (χ2v) is 7.66. The highest BCUT2D eigenvalue weighted by atomic mass is 16.2. The van der Waals surface area contributed by atoms with Crippen molar-refractivity contribution in [2.75, 3.05) is 13.1 Å². The summed E-state index contributed by atoms with van der Waals surface area (Å²) in [5.41, 5.74) is 3.20. The summed E-state index contributed by atoms with van der Waals surface area (Å²) in [4.78, 5) is 40.0. The topological polar surface area (TPSA) is 86.4 Å². The van der Waals surface area contributed by atoms with E-state index < -0.39 is 0 Å². The van der Waals surface area contributed by atoms with Gasteiger partial charge in [0.25, 0.3) is 5.91 Å². The maximum absolute atomic E-state index is 12.8. The summed E-state index contributed by atoms with van der Waals surface area (Å²) in [7, 11) is 0. The smallest absolute Gasteiger partial charge is 0.254 e. The fourth-order valence-electron chi connectivity index (χ4n) is 3.76. The number of amides is 3. The van der Waals surface area contributed by atoms with E-state index in [1.807, 2.05) is 48.6 Å². The van der Waals surface area contributed by atoms with E-state index in [1.165, 1.54) is 9.80 Å². The first-order chi connectivity index (χ1) is 14.6. The number of aromatic amines is 1. The summed E-state index contributed by atoms with van der Waals surface area (Å²) >= 11 is 0. The van der Waals surface area contributed by atoms with Crippen LogP contribution in [-0.2, 0) is 9.59 Å². The van der Waals surface area contributed by atoms with Crippen LogP contribution < -0.4 is 0 Å². The van der Waals surface area contributed by atoms with E-state index in [1.54, 1.807) is 12.1 Å². The molecule has 0 unspecified atom stereocenters. The Morgan fingerprint density at radius 2 is 1.67 bits per heavy atom. The zero-order chi connectivity index (χ0) is 20.7. The Bertz CT molecular complexity index is 1160. The Hall–Kier alpha value is -3.74. The van der Waals surface area contributed by atoms with Gasteiger partial charge in [-0.1, -0.05) is 36.4 Å². The molecule has 3 aromatic rings. The normalized spacial score (nSPS) is 17.3. The molecule has 2 aliphatic rings. The van der Waals surface area contributed by atoms with Crippen molar-refractivity contribution in [1.82, 2.24) is 20.0 Å². The van der Waals surface area contributed by atoms with Crippen LogP contribution in [-0.4, -0.2) is 56.9 Å². The van der Waals surface area contributed by atoms with Crippen molar-refractivity contribution in [3.8, 4) is 0 Å². The van der Waals surface area contributed by atoms with E-state index in [0.717, 1.165) is 35.0 Å². The molecule has 30 heavy (non-hydrogen) atoms. The summed E-state index contributed by atoms with van der Waals surface area (Å²) in [5, 5.41) is 8.35. The van der Waals surface area contributed by atoms with Crippen LogP contribution in [0.4, 0.5) is 0 Å². The molecule has 0 atom stereocenters. The lowest BCUT2D eigenvalue weighted by Gasteiger charge is -2.32. The average molecular weight is 400 g/mol. The lowest BCUT2D eigenvalue weighted by Crippen LogP contribution is -2.56. The molecule has 0 radical (unpaired) electrons. The van der Waals surface area contributed by atoms with Crippen LogP contribution in [0, 0.1) is 0 Å². The third-order valence-corrected chi connectivity index (χ3v) is 5.48. The number of nitrogens with one attached hydrogen (secondary N) is 1. The summed E-state index contributed by atoms with van der Waals surface area (Å²) in [6.07, 6.45) is 5.59. The predicted molar refractivity (Wildman–Crippen MR) is 112 cm³/mol. The molecule has 1 aliphatic heterocycles. The molecule has 1 saturated heterocycles. The fourth-order valence-corrected chi connectivity index (χ4v) is 3.76. The minimum Gasteiger partial charge on any atom is -0.320 e. The van der Waals surface area contributed by atoms with E-state index in [9.17, 15) is 14.4 Å². The number of carbonyl (C=O) groups excluding carboxylic acids is 3. The first-order valence-electron chi connectivity index (χ1n) is 9.95. The first-order valence-corrected chi connectivity index (χ1v) is 9.95. The highest BCUT2D eigenvalue weighted by Gasteiger charge is 2.42. The molecule has 7 heteroatoms. The van der Waals surface area contributed by atoms with Crippen LogP contribution in [0.5, 0.6) is 0 Å². The van der Waals surface area contributed by atoms with Gasteiger partial charge in [-0.3, -0.25) is 24.4 Å². The van der Waals surface area contributed by atoms with Crippen LogP contribution in [0.25, 0.3) is 23.1 Å². The number of para-hydroxylation sites is 1. The van der Waals surface area contributed by atoms with E-state index in [-0.39, 0.29) is 36.9 Å². The van der Waals surface area contributed by atoms with Crippen LogP contribution in [0.3, 0.4) is 0 Å². The minimum atomic E-state index is -0.305. The number of rotatable bonds is 4. The Morgan fingerprint density at radius 1 is 0.967 bits per heavy atom. The van der Waals surface area contributed by atoms with Gasteiger partial charge in [0.05, 0.1) is 11.2 Å². The van der Waals surface area contributed by atoms with E-state index in [2.05, 4.69) is 10.2 Å². The van der Waals surface area contributed by atoms with Crippen molar-refractivity contribution >= 4 is 40.8 Å². The monoisotopic (exact) mass is 400 g/mol. The molecule has 0 spiro atoms. The van der Waals surface area contributed by atoms with Crippen LogP contribution >= 0.6 is 0 Å². The van der Waals surface area contributed by atoms with E-state index >= 15 is 0 Å². The number of hydrogen-bond acceptors (Lipinski definition) is 4. The van der Waals surface area contributed by atoms with Gasteiger partial charge in [0.1, 0.15) is 13.1 Å². The Labute approximate surface area is 173 Å². The number of fused-ring (bicyclic) bond motifs is 1. The van der Waals surface area contributed by atoms with Crippen molar-refractivity contribution in [2.45, 2.75) is 18.9 Å². The summed E-state index contributed by atoms with van der Waals surface area (Å²) in [6, 6.07) is 15.0. The molecule has 1 aromatic heterocycles. The Morgan fingerprint density at radius 3 is 2.37 bits per heavy atom. The van der Waals surface area contributed by atoms with Gasteiger partial charge in [-0.25, -0.2) is 0 Å². The number of aromatic nitrogens is 2. The zero-order valence-corrected chi connectivity index (χ0v) is 16.2. The third kappa shape index (κ3) is 3.39. The second-order valence-electron chi connectivity index (χ2n) is 7.66. The number of hydrogen-bond donors (Lipinski definition) is 1. The molecule has 2 heterocycles. The lowest BCUT2D eigenvalue weighted by atomic mass is 10.1. The average Bonchev–Trinajstić information content (AvgIpc) is 3.50. The Kier molecular flexibility index (Phi) is 4.43. The quantitative estimate of drug-likeness (QED) is 0.683. The molecule has 1 aliphatic carbocycles. The van der Waals surface area contributed by atoms with Crippen molar-refractivity contribution in [3.63, 3.8) is 0 Å². The molecule has 1 saturated carbocycles. The van der Waals surface area contributed by atoms with Crippen molar-refractivity contribution in [3.05, 3.63) is 65.4 Å². The summed E-state index contributed by atoms with van der Waals surface area (Å²) < 4.78 is 0. The van der Waals surface area contributed by atoms with E-state index in [4.69, 9.17) is 0 Å². The highest BCUT2D eigenvalue weighted by Crippen LogP contribution is 2.29. The van der Waals surface area contributed by atoms with Crippen molar-refractivity contribution in [1.29, 1.82) is 0 Å². The van der Waals surface area contributed by atoms with Gasteiger partial charge in [-0.05, 0) is 42.7 Å². The molecular formula is C23H20N4O3. The van der Waals surface area contributed by atoms with Gasteiger partial charge in [0, 0.05) is 17.0 Å². The van der Waals surface area contributed by atoms with Gasteiger partial charge in [0.2, 0.25) is 11.8 Å². The molecule has 150 valence electrons. The Balaban J connectivity index is 1.28. The van der Waals surface area contributed by atoms with Crippen LogP contribution in [0.2, 0.25) is 0 Å². The van der Waals surface area contributed by atoms with E-state index in [0.29, 0.717) is 5.56 Å². The van der Waals surface area contributed by atoms with Crippen molar-refractivity contribution < 1.29 is 14.4 Å². The lowest BCUT2D eigenvalue weighted by molar-refractivity contribution is -0.150. The van der Waals surface area contributed by atoms with Gasteiger partial charge in [-0.15, -0.1) is 0 Å². The molecular weight excluding hydrogens is 380 g/mol. The molecule has 7 nitrogen and oxygen atoms in total. The fraction of sp³-hybridized carbons (Fsp3) is 0.217. The van der Waals surface area contributed by atoms with Gasteiger partial charge in [0.15, 0.2) is 0 Å². The number of nitrogens with zero attached hydrogens (tertiary/aromatic N) is 3. The molecule has 2 aromatic carbocycles. The van der Waals surface area contributed by atoms with Gasteiger partial charge >= 0.3 is 0 Å². The number of carbonyl (C=O) groups is 3. The van der Waals surface area contributed by atoms with Crippen LogP contribution in [0.1, 0.15) is 34.5 Å². The molecule has 2 fully saturated rings. The number of benzene rings is 2. The maximum Gasteiger partial charge on any atom is 0.254 e. The summed E-state index contributed by atoms with van der Waals surface area (Å²) in [6.45, 7) is -0.0933. The number of H-pyrrole nitrogens is 1. The molecule has 0 bridgehead atoms. The van der Waals surface area contributed by atoms with Gasteiger partial charge < -0.3 is 4.90 Å². The van der Waals surface area contributed by atoms with Gasteiger partial charge in [-0.2, -0.15) is 5.10 Å². The third-order valence-electron chi connectivity index (χ3n) is 5.48. The molecule has 3 amide bonds. The largest absolute Gasteiger partial charge is 0.320 e. The highest BCUT2D eigenvalue weighted by molar-refractivity contribution is 6.06. The molecule has 5 rings (SSSR count). The zero-order valence-electron chi connectivity index (χ0n) is 16.2. The molecule has 1 N–H and O–H groups in total. The standard InChI is InChI=1S/C23H20N4O3/c28-21-13-26(14-22(29)27(21)17-10-11-17)23(30)16-8-5-15(6-9-16)7-12-20-18-3-1-2-4-19(18)24-25-20/h1-9,12,17H,10-11,13-14H2,(H,24,25). The predicted octanol–water partition coefficient (Wildman–Crippen LogP) is 2.71.